The number of hydrogen-bond donors (Lipinski definition) is 1. The van der Waals surface area contributed by atoms with E-state index in [1.165, 1.54) is 6.07 Å². The van der Waals surface area contributed by atoms with Gasteiger partial charge in [-0.3, -0.25) is 4.79 Å². The zero-order valence-corrected chi connectivity index (χ0v) is 23.5. The summed E-state index contributed by atoms with van der Waals surface area (Å²) >= 11 is 0. The van der Waals surface area contributed by atoms with Crippen LogP contribution >= 0.6 is 0 Å². The average Bonchev–Trinajstić information content (AvgIpc) is 2.86. The summed E-state index contributed by atoms with van der Waals surface area (Å²) in [6.07, 6.45) is -1.06. The number of carbonyl (C=O) groups excluding carboxylic acids is 1. The lowest BCUT2D eigenvalue weighted by Gasteiger charge is -2.41. The third-order valence-corrected chi connectivity index (χ3v) is 8.78. The molecule has 3 atom stereocenters. The van der Waals surface area contributed by atoms with Crippen LogP contribution in [0.1, 0.15) is 56.6 Å². The number of hydrogen-bond acceptors (Lipinski definition) is 4. The summed E-state index contributed by atoms with van der Waals surface area (Å²) in [5.74, 6) is -3.36. The van der Waals surface area contributed by atoms with Gasteiger partial charge in [0.05, 0.1) is 29.6 Å². The minimum Gasteiger partial charge on any atom is -0.400 e. The van der Waals surface area contributed by atoms with Crippen LogP contribution in [0.5, 0.6) is 0 Å². The molecule has 2 N–H and O–H groups in total. The number of amides is 1. The molecule has 0 aromatic heterocycles. The molecule has 0 spiro atoms. The standard InChI is InChI=1S/C30H35F2N2O3Si/c1-19-17-34(18-20(2)36-19)27-24(16-23(29(33)35)25(31)26(27)32)28(30(3,4)5)37-38(21-12-8-6-9-13-21)22-14-10-7-11-15-22/h6-16,19-20,28H,17-18H2,1-5H3,(H2,33,35). The molecule has 1 heterocycles. The average molecular weight is 538 g/mol. The predicted molar refractivity (Wildman–Crippen MR) is 148 cm³/mol. The van der Waals surface area contributed by atoms with E-state index in [4.69, 9.17) is 14.9 Å². The van der Waals surface area contributed by atoms with Crippen LogP contribution in [-0.4, -0.2) is 40.2 Å². The molecule has 0 saturated carbocycles. The first-order chi connectivity index (χ1) is 18.0. The van der Waals surface area contributed by atoms with E-state index in [0.717, 1.165) is 10.4 Å². The summed E-state index contributed by atoms with van der Waals surface area (Å²) in [7, 11) is -1.83. The van der Waals surface area contributed by atoms with Crippen molar-refractivity contribution >= 4 is 31.0 Å². The van der Waals surface area contributed by atoms with E-state index < -0.39 is 43.7 Å². The maximum atomic E-state index is 15.9. The van der Waals surface area contributed by atoms with E-state index in [-0.39, 0.29) is 17.9 Å². The number of primary amides is 1. The van der Waals surface area contributed by atoms with Crippen LogP contribution in [0, 0.1) is 17.0 Å². The quantitative estimate of drug-likeness (QED) is 0.448. The summed E-state index contributed by atoms with van der Waals surface area (Å²) in [5, 5.41) is 2.04. The van der Waals surface area contributed by atoms with Crippen LogP contribution in [0.25, 0.3) is 0 Å². The molecule has 201 valence electrons. The highest BCUT2D eigenvalue weighted by Crippen LogP contribution is 2.44. The molecule has 1 radical (unpaired) electrons. The Bertz CT molecular complexity index is 1220. The number of anilines is 1. The Balaban J connectivity index is 1.92. The third kappa shape index (κ3) is 5.98. The molecule has 38 heavy (non-hydrogen) atoms. The largest absolute Gasteiger partial charge is 0.400 e. The smallest absolute Gasteiger partial charge is 0.283 e. The zero-order chi connectivity index (χ0) is 27.6. The number of nitrogens with two attached hydrogens (primary N) is 1. The van der Waals surface area contributed by atoms with Crippen molar-refractivity contribution in [2.75, 3.05) is 18.0 Å². The third-order valence-electron chi connectivity index (χ3n) is 6.59. The minimum absolute atomic E-state index is 0.0944. The van der Waals surface area contributed by atoms with Crippen LogP contribution < -0.4 is 21.0 Å². The maximum absolute atomic E-state index is 15.9. The first-order valence-corrected chi connectivity index (χ1v) is 14.2. The SMILES string of the molecule is CC1CN(c2c(C(O[Si](c3ccccc3)c3ccccc3)C(C)(C)C)cc(C(N)=O)c(F)c2F)CC(C)O1. The van der Waals surface area contributed by atoms with Gasteiger partial charge in [0, 0.05) is 18.7 Å². The second-order valence-corrected chi connectivity index (χ2v) is 13.0. The molecule has 1 aliphatic rings. The Morgan fingerprint density at radius 2 is 1.47 bits per heavy atom. The van der Waals surface area contributed by atoms with Gasteiger partial charge >= 0.3 is 0 Å². The van der Waals surface area contributed by atoms with Gasteiger partial charge in [0.15, 0.2) is 11.6 Å². The fourth-order valence-electron chi connectivity index (χ4n) is 5.00. The van der Waals surface area contributed by atoms with E-state index in [1.807, 2.05) is 95.3 Å². The molecule has 5 nitrogen and oxygen atoms in total. The molecule has 1 amide bonds. The van der Waals surface area contributed by atoms with Crippen molar-refractivity contribution in [3.8, 4) is 0 Å². The van der Waals surface area contributed by atoms with Gasteiger partial charge in [0.25, 0.3) is 14.9 Å². The zero-order valence-electron chi connectivity index (χ0n) is 22.5. The van der Waals surface area contributed by atoms with E-state index >= 15 is 8.78 Å². The van der Waals surface area contributed by atoms with Crippen molar-refractivity contribution in [1.29, 1.82) is 0 Å². The van der Waals surface area contributed by atoms with Crippen LogP contribution in [0.3, 0.4) is 0 Å². The van der Waals surface area contributed by atoms with Crippen molar-refractivity contribution < 1.29 is 22.7 Å². The number of ether oxygens (including phenoxy) is 1. The molecule has 3 unspecified atom stereocenters. The van der Waals surface area contributed by atoms with Crippen LogP contribution in [0.2, 0.25) is 0 Å². The van der Waals surface area contributed by atoms with Crippen LogP contribution in [0.15, 0.2) is 66.7 Å². The first kappa shape index (κ1) is 27.9. The second kappa shape index (κ2) is 11.4. The normalized spacial score (nSPS) is 19.0. The van der Waals surface area contributed by atoms with Gasteiger partial charge in [-0.25, -0.2) is 8.78 Å². The lowest BCUT2D eigenvalue weighted by molar-refractivity contribution is -0.00576. The number of morpholine rings is 1. The Kier molecular flexibility index (Phi) is 8.35. The van der Waals surface area contributed by atoms with Gasteiger partial charge in [-0.2, -0.15) is 0 Å². The molecule has 0 bridgehead atoms. The molecule has 4 rings (SSSR count). The first-order valence-electron chi connectivity index (χ1n) is 12.8. The Morgan fingerprint density at radius 1 is 0.974 bits per heavy atom. The summed E-state index contributed by atoms with van der Waals surface area (Å²) in [6.45, 7) is 10.5. The van der Waals surface area contributed by atoms with Gasteiger partial charge in [-0.05, 0) is 35.7 Å². The predicted octanol–water partition coefficient (Wildman–Crippen LogP) is 4.59. The van der Waals surface area contributed by atoms with Crippen LogP contribution in [0.4, 0.5) is 14.5 Å². The topological polar surface area (TPSA) is 64.8 Å². The molecule has 1 saturated heterocycles. The van der Waals surface area contributed by atoms with Gasteiger partial charge in [0.2, 0.25) is 0 Å². The fourth-order valence-corrected chi connectivity index (χ4v) is 7.32. The van der Waals surface area contributed by atoms with Crippen LogP contribution in [-0.2, 0) is 9.16 Å². The summed E-state index contributed by atoms with van der Waals surface area (Å²) in [4.78, 5) is 14.0. The van der Waals surface area contributed by atoms with Crippen molar-refractivity contribution in [1.82, 2.24) is 0 Å². The Hall–Kier alpha value is -3.07. The summed E-state index contributed by atoms with van der Waals surface area (Å²) in [5.41, 5.74) is 4.97. The monoisotopic (exact) mass is 537 g/mol. The maximum Gasteiger partial charge on any atom is 0.283 e. The van der Waals surface area contributed by atoms with Crippen molar-refractivity contribution in [2.45, 2.75) is 52.9 Å². The molecule has 3 aromatic rings. The summed E-state index contributed by atoms with van der Waals surface area (Å²) < 4.78 is 44.0. The second-order valence-electron chi connectivity index (χ2n) is 10.9. The van der Waals surface area contributed by atoms with E-state index in [2.05, 4.69) is 0 Å². The highest BCUT2D eigenvalue weighted by atomic mass is 28.3. The molecule has 8 heteroatoms. The fraction of sp³-hybridized carbons (Fsp3) is 0.367. The summed E-state index contributed by atoms with van der Waals surface area (Å²) in [6, 6.07) is 21.2. The highest BCUT2D eigenvalue weighted by Gasteiger charge is 2.39. The lowest BCUT2D eigenvalue weighted by atomic mass is 9.83. The number of rotatable bonds is 7. The molecule has 1 aliphatic heterocycles. The van der Waals surface area contributed by atoms with E-state index in [1.54, 1.807) is 4.90 Å². The molecule has 3 aromatic carbocycles. The number of carbonyl (C=O) groups is 1. The van der Waals surface area contributed by atoms with Crippen molar-refractivity contribution in [3.05, 3.63) is 89.5 Å². The van der Waals surface area contributed by atoms with Gasteiger partial charge in [0.1, 0.15) is 0 Å². The molecular formula is C30H35F2N2O3Si. The van der Waals surface area contributed by atoms with Crippen molar-refractivity contribution in [2.24, 2.45) is 11.1 Å². The molecule has 0 aliphatic carbocycles. The Labute approximate surface area is 225 Å². The molecular weight excluding hydrogens is 502 g/mol. The molecule has 1 fully saturated rings. The van der Waals surface area contributed by atoms with E-state index in [9.17, 15) is 4.79 Å². The number of benzene rings is 3. The van der Waals surface area contributed by atoms with E-state index in [0.29, 0.717) is 18.7 Å². The van der Waals surface area contributed by atoms with Gasteiger partial charge in [-0.1, -0.05) is 81.4 Å². The van der Waals surface area contributed by atoms with Crippen molar-refractivity contribution in [3.63, 3.8) is 0 Å². The Morgan fingerprint density at radius 3 is 1.92 bits per heavy atom. The lowest BCUT2D eigenvalue weighted by Crippen LogP contribution is -2.48. The van der Waals surface area contributed by atoms with Gasteiger partial charge in [-0.15, -0.1) is 0 Å². The minimum atomic E-state index is -1.83. The number of halogens is 2. The number of nitrogens with zero attached hydrogens (tertiary/aromatic N) is 1. The van der Waals surface area contributed by atoms with Gasteiger partial charge < -0.3 is 19.8 Å². The highest BCUT2D eigenvalue weighted by molar-refractivity contribution is 6.80.